The molecule has 4 rings (SSSR count). The summed E-state index contributed by atoms with van der Waals surface area (Å²) in [5.41, 5.74) is 2.66. The van der Waals surface area contributed by atoms with Crippen LogP contribution in [0.4, 0.5) is 0 Å². The number of aliphatic hydroxyl groups is 1. The molecular formula is C26H29N5O3. The summed E-state index contributed by atoms with van der Waals surface area (Å²) in [6.45, 7) is 8.62. The minimum absolute atomic E-state index is 0.0632. The average Bonchev–Trinajstić information content (AvgIpc) is 3.38. The summed E-state index contributed by atoms with van der Waals surface area (Å²) in [5, 5.41) is 15.8. The molecule has 1 saturated heterocycles. The van der Waals surface area contributed by atoms with Gasteiger partial charge in [0.15, 0.2) is 0 Å². The molecule has 1 aliphatic rings. The molecule has 8 heteroatoms. The van der Waals surface area contributed by atoms with Crippen LogP contribution in [0.1, 0.15) is 36.7 Å². The second-order valence-electron chi connectivity index (χ2n) is 8.20. The van der Waals surface area contributed by atoms with E-state index in [-0.39, 0.29) is 11.3 Å². The van der Waals surface area contributed by atoms with E-state index in [1.807, 2.05) is 43.3 Å². The highest BCUT2D eigenvalue weighted by Gasteiger charge is 2.46. The number of para-hydroxylation sites is 1. The molecule has 176 valence electrons. The van der Waals surface area contributed by atoms with Gasteiger partial charge in [0.2, 0.25) is 0 Å². The smallest absolute Gasteiger partial charge is 0.295 e. The van der Waals surface area contributed by atoms with Gasteiger partial charge in [0.05, 0.1) is 34.8 Å². The molecule has 1 amide bonds. The quantitative estimate of drug-likeness (QED) is 0.316. The van der Waals surface area contributed by atoms with Crippen LogP contribution in [0.2, 0.25) is 0 Å². The Labute approximate surface area is 199 Å². The molecule has 1 fully saturated rings. The fourth-order valence-electron chi connectivity index (χ4n) is 4.40. The topological polar surface area (TPSA) is 91.6 Å². The molecular weight excluding hydrogens is 430 g/mol. The predicted octanol–water partition coefficient (Wildman–Crippen LogP) is 3.34. The molecule has 1 aliphatic heterocycles. The lowest BCUT2D eigenvalue weighted by molar-refractivity contribution is -0.140. The molecule has 34 heavy (non-hydrogen) atoms. The lowest BCUT2D eigenvalue weighted by Gasteiger charge is -2.28. The van der Waals surface area contributed by atoms with E-state index in [1.165, 1.54) is 6.20 Å². The number of carbonyl (C=O) groups excluding carboxylic acids is 2. The van der Waals surface area contributed by atoms with E-state index in [0.29, 0.717) is 29.9 Å². The number of aromatic nitrogens is 3. The number of aliphatic hydroxyl groups excluding tert-OH is 1. The van der Waals surface area contributed by atoms with Crippen molar-refractivity contribution in [2.45, 2.75) is 26.8 Å². The Morgan fingerprint density at radius 2 is 1.79 bits per heavy atom. The summed E-state index contributed by atoms with van der Waals surface area (Å²) in [7, 11) is 0. The molecule has 0 radical (unpaired) electrons. The number of hydrogen-bond acceptors (Lipinski definition) is 6. The number of hydrogen-bond donors (Lipinski definition) is 1. The molecule has 1 N–H and O–H groups in total. The zero-order valence-corrected chi connectivity index (χ0v) is 19.7. The van der Waals surface area contributed by atoms with Crippen molar-refractivity contribution in [3.8, 4) is 5.69 Å². The standard InChI is InChI=1S/C26H29N5O3/c1-4-29(5-2)14-15-30-23(19-10-9-13-27-16-19)22(25(33)26(30)34)24(32)21-17-28-31(18(21)3)20-11-7-6-8-12-20/h6-13,16-17,23,32H,4-5,14-15H2,1-3H3/b24-22-/t23-/m0/s1. The first-order valence-electron chi connectivity index (χ1n) is 11.5. The van der Waals surface area contributed by atoms with E-state index < -0.39 is 17.7 Å². The van der Waals surface area contributed by atoms with Crippen molar-refractivity contribution in [2.75, 3.05) is 26.2 Å². The van der Waals surface area contributed by atoms with Gasteiger partial charge >= 0.3 is 0 Å². The monoisotopic (exact) mass is 459 g/mol. The highest BCUT2D eigenvalue weighted by atomic mass is 16.3. The van der Waals surface area contributed by atoms with E-state index in [2.05, 4.69) is 28.8 Å². The van der Waals surface area contributed by atoms with Crippen molar-refractivity contribution >= 4 is 17.4 Å². The normalized spacial score (nSPS) is 17.6. The maximum absolute atomic E-state index is 13.2. The van der Waals surface area contributed by atoms with Crippen LogP contribution in [0.3, 0.4) is 0 Å². The fourth-order valence-corrected chi connectivity index (χ4v) is 4.40. The lowest BCUT2D eigenvalue weighted by atomic mass is 9.96. The molecule has 3 heterocycles. The maximum Gasteiger partial charge on any atom is 0.295 e. The van der Waals surface area contributed by atoms with Gasteiger partial charge in [-0.25, -0.2) is 4.68 Å². The molecule has 0 aliphatic carbocycles. The number of likely N-dealkylation sites (tertiary alicyclic amines) is 1. The zero-order chi connectivity index (χ0) is 24.2. The maximum atomic E-state index is 13.2. The molecule has 0 saturated carbocycles. The Morgan fingerprint density at radius 3 is 2.44 bits per heavy atom. The van der Waals surface area contributed by atoms with Crippen molar-refractivity contribution < 1.29 is 14.7 Å². The summed E-state index contributed by atoms with van der Waals surface area (Å²) in [6, 6.07) is 12.4. The predicted molar refractivity (Wildman–Crippen MR) is 129 cm³/mol. The molecule has 2 aromatic heterocycles. The minimum Gasteiger partial charge on any atom is -0.507 e. The van der Waals surface area contributed by atoms with Crippen molar-refractivity contribution in [2.24, 2.45) is 0 Å². The van der Waals surface area contributed by atoms with Gasteiger partial charge < -0.3 is 14.9 Å². The van der Waals surface area contributed by atoms with E-state index >= 15 is 0 Å². The lowest BCUT2D eigenvalue weighted by Crippen LogP contribution is -2.38. The molecule has 0 spiro atoms. The number of pyridine rings is 1. The number of rotatable bonds is 8. The Hall–Kier alpha value is -3.78. The van der Waals surface area contributed by atoms with Crippen LogP contribution < -0.4 is 0 Å². The van der Waals surface area contributed by atoms with Crippen molar-refractivity contribution in [1.82, 2.24) is 24.6 Å². The highest BCUT2D eigenvalue weighted by molar-refractivity contribution is 6.46. The molecule has 0 unspecified atom stereocenters. The molecule has 8 nitrogen and oxygen atoms in total. The summed E-state index contributed by atoms with van der Waals surface area (Å²) in [6.07, 6.45) is 4.80. The van der Waals surface area contributed by atoms with Crippen LogP contribution in [-0.2, 0) is 9.59 Å². The number of benzene rings is 1. The first-order valence-corrected chi connectivity index (χ1v) is 11.5. The van der Waals surface area contributed by atoms with Crippen LogP contribution in [0.25, 0.3) is 11.4 Å². The number of ketones is 1. The number of Topliss-reactive ketones (excluding diaryl/α,β-unsaturated/α-hetero) is 1. The number of amides is 1. The van der Waals surface area contributed by atoms with E-state index in [0.717, 1.165) is 18.8 Å². The first-order chi connectivity index (χ1) is 16.5. The third-order valence-electron chi connectivity index (χ3n) is 6.36. The summed E-state index contributed by atoms with van der Waals surface area (Å²) in [4.78, 5) is 34.2. The third-order valence-corrected chi connectivity index (χ3v) is 6.36. The van der Waals surface area contributed by atoms with Crippen molar-refractivity contribution in [3.63, 3.8) is 0 Å². The fraction of sp³-hybridized carbons (Fsp3) is 0.308. The summed E-state index contributed by atoms with van der Waals surface area (Å²) < 4.78 is 1.70. The minimum atomic E-state index is -0.719. The van der Waals surface area contributed by atoms with Crippen LogP contribution in [0.5, 0.6) is 0 Å². The second kappa shape index (κ2) is 10.0. The van der Waals surface area contributed by atoms with E-state index in [9.17, 15) is 14.7 Å². The summed E-state index contributed by atoms with van der Waals surface area (Å²) in [5.74, 6) is -1.54. The van der Waals surface area contributed by atoms with Gasteiger partial charge in [-0.05, 0) is 43.8 Å². The van der Waals surface area contributed by atoms with Crippen LogP contribution in [0, 0.1) is 6.92 Å². The Kier molecular flexibility index (Phi) is 6.88. The largest absolute Gasteiger partial charge is 0.507 e. The van der Waals surface area contributed by atoms with Gasteiger partial charge in [0, 0.05) is 25.5 Å². The molecule has 3 aromatic rings. The highest BCUT2D eigenvalue weighted by Crippen LogP contribution is 2.39. The van der Waals surface area contributed by atoms with Gasteiger partial charge in [-0.3, -0.25) is 14.6 Å². The van der Waals surface area contributed by atoms with E-state index in [1.54, 1.807) is 28.0 Å². The Balaban J connectivity index is 1.79. The zero-order valence-electron chi connectivity index (χ0n) is 19.7. The first kappa shape index (κ1) is 23.4. The molecule has 1 atom stereocenters. The molecule has 0 bridgehead atoms. The summed E-state index contributed by atoms with van der Waals surface area (Å²) >= 11 is 0. The van der Waals surface area contributed by atoms with Gasteiger partial charge in [-0.15, -0.1) is 0 Å². The average molecular weight is 460 g/mol. The van der Waals surface area contributed by atoms with Gasteiger partial charge in [0.1, 0.15) is 5.76 Å². The van der Waals surface area contributed by atoms with Crippen LogP contribution >= 0.6 is 0 Å². The van der Waals surface area contributed by atoms with Crippen LogP contribution in [-0.4, -0.2) is 67.5 Å². The second-order valence-corrected chi connectivity index (χ2v) is 8.20. The van der Waals surface area contributed by atoms with Crippen molar-refractivity contribution in [1.29, 1.82) is 0 Å². The van der Waals surface area contributed by atoms with Crippen LogP contribution in [0.15, 0.2) is 66.6 Å². The van der Waals surface area contributed by atoms with Crippen molar-refractivity contribution in [3.05, 3.63) is 83.4 Å². The molecule has 1 aromatic carbocycles. The Morgan fingerprint density at radius 1 is 1.06 bits per heavy atom. The third kappa shape index (κ3) is 4.24. The number of likely N-dealkylation sites (N-methyl/N-ethyl adjacent to an activating group) is 1. The van der Waals surface area contributed by atoms with Gasteiger partial charge in [0.25, 0.3) is 11.7 Å². The SMILES string of the molecule is CCN(CC)CCN1C(=O)C(=O)/C(=C(\O)c2cnn(-c3ccccc3)c2C)[C@@H]1c1cccnc1. The van der Waals surface area contributed by atoms with Gasteiger partial charge in [-0.2, -0.15) is 5.10 Å². The number of carbonyl (C=O) groups is 2. The number of nitrogens with zero attached hydrogens (tertiary/aromatic N) is 5. The Bertz CT molecular complexity index is 1200. The van der Waals surface area contributed by atoms with Gasteiger partial charge in [-0.1, -0.05) is 38.1 Å². The van der Waals surface area contributed by atoms with E-state index in [4.69, 9.17) is 0 Å².